The maximum atomic E-state index is 5.52. The van der Waals surface area contributed by atoms with Gasteiger partial charge < -0.3 is 9.64 Å². The largest absolute Gasteiger partial charge is 0.375 e. The lowest BCUT2D eigenvalue weighted by Crippen LogP contribution is -2.42. The molecule has 9 heteroatoms. The van der Waals surface area contributed by atoms with Gasteiger partial charge in [0.25, 0.3) is 0 Å². The Labute approximate surface area is 115 Å². The number of nitrogens with zero attached hydrogens (tertiary/aromatic N) is 6. The first-order chi connectivity index (χ1) is 9.76. The van der Waals surface area contributed by atoms with E-state index in [1.807, 2.05) is 6.92 Å². The normalized spacial score (nSPS) is 19.1. The van der Waals surface area contributed by atoms with E-state index in [0.29, 0.717) is 24.5 Å². The van der Waals surface area contributed by atoms with Crippen molar-refractivity contribution in [1.29, 1.82) is 0 Å². The quantitative estimate of drug-likeness (QED) is 0.574. The third-order valence-electron chi connectivity index (χ3n) is 3.00. The first-order valence-corrected chi connectivity index (χ1v) is 6.34. The molecule has 0 amide bonds. The summed E-state index contributed by atoms with van der Waals surface area (Å²) in [6.07, 6.45) is 5.20. The Kier molecular flexibility index (Phi) is 3.44. The van der Waals surface area contributed by atoms with Crippen LogP contribution < -0.4 is 16.2 Å². The summed E-state index contributed by atoms with van der Waals surface area (Å²) < 4.78 is 7.22. The molecule has 2 aromatic rings. The van der Waals surface area contributed by atoms with Gasteiger partial charge in [-0.3, -0.25) is 9.99 Å². The van der Waals surface area contributed by atoms with Crippen molar-refractivity contribution in [3.63, 3.8) is 0 Å². The summed E-state index contributed by atoms with van der Waals surface area (Å²) in [5, 5.41) is 0. The Hall–Kier alpha value is -2.26. The SMILES string of the molecule is CC1CN(c2nc(NN)nc(-n3ccnc3)n2)CCO1. The molecule has 0 aromatic carbocycles. The summed E-state index contributed by atoms with van der Waals surface area (Å²) in [5.74, 6) is 6.79. The van der Waals surface area contributed by atoms with Crippen LogP contribution in [-0.4, -0.2) is 50.3 Å². The van der Waals surface area contributed by atoms with E-state index in [1.54, 1.807) is 23.3 Å². The number of hydrazine groups is 1. The van der Waals surface area contributed by atoms with Crippen LogP contribution in [0.15, 0.2) is 18.7 Å². The van der Waals surface area contributed by atoms with Gasteiger partial charge in [-0.05, 0) is 6.92 Å². The van der Waals surface area contributed by atoms with Crippen molar-refractivity contribution in [2.24, 2.45) is 5.84 Å². The van der Waals surface area contributed by atoms with Crippen molar-refractivity contribution in [1.82, 2.24) is 24.5 Å². The van der Waals surface area contributed by atoms with E-state index >= 15 is 0 Å². The van der Waals surface area contributed by atoms with E-state index < -0.39 is 0 Å². The highest BCUT2D eigenvalue weighted by Gasteiger charge is 2.20. The third kappa shape index (κ3) is 2.53. The van der Waals surface area contributed by atoms with E-state index in [-0.39, 0.29) is 6.10 Å². The van der Waals surface area contributed by atoms with Crippen LogP contribution in [0.2, 0.25) is 0 Å². The highest BCUT2D eigenvalue weighted by molar-refractivity contribution is 5.40. The summed E-state index contributed by atoms with van der Waals surface area (Å²) >= 11 is 0. The topological polar surface area (TPSA) is 107 Å². The van der Waals surface area contributed by atoms with Crippen molar-refractivity contribution >= 4 is 11.9 Å². The molecule has 9 nitrogen and oxygen atoms in total. The highest BCUT2D eigenvalue weighted by Crippen LogP contribution is 2.16. The summed E-state index contributed by atoms with van der Waals surface area (Å²) in [6, 6.07) is 0. The number of ether oxygens (including phenoxy) is 1. The van der Waals surface area contributed by atoms with E-state index in [2.05, 4.69) is 30.3 Å². The fraction of sp³-hybridized carbons (Fsp3) is 0.455. The van der Waals surface area contributed by atoms with Gasteiger partial charge in [-0.1, -0.05) is 0 Å². The minimum absolute atomic E-state index is 0.145. The van der Waals surface area contributed by atoms with Crippen LogP contribution in [0.4, 0.5) is 11.9 Å². The van der Waals surface area contributed by atoms with Crippen molar-refractivity contribution in [2.75, 3.05) is 30.0 Å². The Morgan fingerprint density at radius 1 is 1.35 bits per heavy atom. The van der Waals surface area contributed by atoms with Crippen LogP contribution in [0.25, 0.3) is 5.95 Å². The molecule has 1 unspecified atom stereocenters. The van der Waals surface area contributed by atoms with Gasteiger partial charge in [0.05, 0.1) is 12.7 Å². The van der Waals surface area contributed by atoms with Gasteiger partial charge in [0.1, 0.15) is 6.33 Å². The minimum Gasteiger partial charge on any atom is -0.375 e. The second-order valence-electron chi connectivity index (χ2n) is 4.50. The average Bonchev–Trinajstić information content (AvgIpc) is 3.01. The van der Waals surface area contributed by atoms with Crippen LogP contribution >= 0.6 is 0 Å². The van der Waals surface area contributed by atoms with Gasteiger partial charge in [0.15, 0.2) is 0 Å². The number of imidazole rings is 1. The molecule has 0 saturated carbocycles. The maximum Gasteiger partial charge on any atom is 0.243 e. The monoisotopic (exact) mass is 276 g/mol. The number of nitrogen functional groups attached to an aromatic ring is 1. The molecule has 1 fully saturated rings. The maximum absolute atomic E-state index is 5.52. The third-order valence-corrected chi connectivity index (χ3v) is 3.00. The predicted octanol–water partition coefficient (Wildman–Crippen LogP) is -0.432. The number of aromatic nitrogens is 5. The lowest BCUT2D eigenvalue weighted by atomic mass is 10.3. The van der Waals surface area contributed by atoms with Gasteiger partial charge >= 0.3 is 0 Å². The molecule has 106 valence electrons. The van der Waals surface area contributed by atoms with Crippen LogP contribution in [0.5, 0.6) is 0 Å². The second-order valence-corrected chi connectivity index (χ2v) is 4.50. The van der Waals surface area contributed by atoms with Crippen LogP contribution in [0.1, 0.15) is 6.92 Å². The van der Waals surface area contributed by atoms with Gasteiger partial charge in [-0.2, -0.15) is 15.0 Å². The number of hydrogen-bond donors (Lipinski definition) is 2. The van der Waals surface area contributed by atoms with E-state index in [9.17, 15) is 0 Å². The molecule has 1 aliphatic heterocycles. The molecule has 3 N–H and O–H groups in total. The van der Waals surface area contributed by atoms with Crippen molar-refractivity contribution in [3.05, 3.63) is 18.7 Å². The molecule has 20 heavy (non-hydrogen) atoms. The number of anilines is 2. The van der Waals surface area contributed by atoms with Crippen molar-refractivity contribution < 1.29 is 4.74 Å². The lowest BCUT2D eigenvalue weighted by Gasteiger charge is -2.31. The molecule has 0 radical (unpaired) electrons. The molecule has 1 atom stereocenters. The lowest BCUT2D eigenvalue weighted by molar-refractivity contribution is 0.0526. The van der Waals surface area contributed by atoms with Crippen molar-refractivity contribution in [3.8, 4) is 5.95 Å². The van der Waals surface area contributed by atoms with E-state index in [1.165, 1.54) is 0 Å². The molecule has 3 heterocycles. The van der Waals surface area contributed by atoms with Gasteiger partial charge in [0.2, 0.25) is 17.8 Å². The molecule has 0 bridgehead atoms. The van der Waals surface area contributed by atoms with Gasteiger partial charge in [0, 0.05) is 25.5 Å². The number of morpholine rings is 1. The summed E-state index contributed by atoms with van der Waals surface area (Å²) in [6.45, 7) is 4.14. The first-order valence-electron chi connectivity index (χ1n) is 6.34. The zero-order valence-corrected chi connectivity index (χ0v) is 11.1. The summed E-state index contributed by atoms with van der Waals surface area (Å²) in [5.41, 5.74) is 2.47. The molecule has 1 aliphatic rings. The standard InChI is InChI=1S/C11H16N8O/c1-8-6-18(4-5-20-8)10-14-9(17-12)15-11(16-10)19-3-2-13-7-19/h2-3,7-8H,4-6,12H2,1H3,(H,14,15,16,17). The zero-order valence-electron chi connectivity index (χ0n) is 11.1. The molecule has 1 saturated heterocycles. The molecule has 0 aliphatic carbocycles. The summed E-state index contributed by atoms with van der Waals surface area (Å²) in [7, 11) is 0. The van der Waals surface area contributed by atoms with Crippen LogP contribution in [0, 0.1) is 0 Å². The smallest absolute Gasteiger partial charge is 0.243 e. The van der Waals surface area contributed by atoms with E-state index in [0.717, 1.165) is 13.1 Å². The zero-order chi connectivity index (χ0) is 13.9. The summed E-state index contributed by atoms with van der Waals surface area (Å²) in [4.78, 5) is 19.0. The molecule has 0 spiro atoms. The fourth-order valence-electron chi connectivity index (χ4n) is 2.05. The highest BCUT2D eigenvalue weighted by atomic mass is 16.5. The van der Waals surface area contributed by atoms with Crippen LogP contribution in [0.3, 0.4) is 0 Å². The first kappa shape index (κ1) is 12.8. The predicted molar refractivity (Wildman–Crippen MR) is 72.4 cm³/mol. The van der Waals surface area contributed by atoms with Gasteiger partial charge in [-0.15, -0.1) is 0 Å². The Morgan fingerprint density at radius 3 is 2.90 bits per heavy atom. The number of nitrogens with one attached hydrogen (secondary N) is 1. The number of rotatable bonds is 3. The minimum atomic E-state index is 0.145. The van der Waals surface area contributed by atoms with Gasteiger partial charge in [-0.25, -0.2) is 10.8 Å². The van der Waals surface area contributed by atoms with E-state index in [4.69, 9.17) is 10.6 Å². The average molecular weight is 276 g/mol. The molecular weight excluding hydrogens is 260 g/mol. The van der Waals surface area contributed by atoms with Crippen LogP contribution in [-0.2, 0) is 4.74 Å². The Bertz CT molecular complexity index is 572. The second kappa shape index (κ2) is 5.39. The number of nitrogens with two attached hydrogens (primary N) is 1. The molecular formula is C11H16N8O. The fourth-order valence-corrected chi connectivity index (χ4v) is 2.05. The van der Waals surface area contributed by atoms with Crippen molar-refractivity contribution in [2.45, 2.75) is 13.0 Å². The number of hydrogen-bond acceptors (Lipinski definition) is 8. The molecule has 2 aromatic heterocycles. The molecule has 3 rings (SSSR count). The Morgan fingerprint density at radius 2 is 2.20 bits per heavy atom. The Balaban J connectivity index is 1.96.